The normalized spacial score (nSPS) is 19.2. The molecule has 0 aliphatic heterocycles. The minimum absolute atomic E-state index is 0.0446. The first-order chi connectivity index (χ1) is 7.70. The predicted octanol–water partition coefficient (Wildman–Crippen LogP) is 2.85. The molecule has 2 nitrogen and oxygen atoms in total. The first-order valence-corrected chi connectivity index (χ1v) is 5.30. The molecule has 2 aromatic rings. The molecule has 0 unspecified atom stereocenters. The summed E-state index contributed by atoms with van der Waals surface area (Å²) in [6.45, 7) is 1.68. The molecule has 0 bridgehead atoms. The number of carbonyl (C=O) groups is 2. The van der Waals surface area contributed by atoms with Crippen LogP contribution >= 0.6 is 0 Å². The van der Waals surface area contributed by atoms with Gasteiger partial charge >= 0.3 is 0 Å². The Morgan fingerprint density at radius 2 is 1.69 bits per heavy atom. The molecule has 0 heterocycles. The molecule has 2 aromatic carbocycles. The van der Waals surface area contributed by atoms with Gasteiger partial charge in [0.2, 0.25) is 0 Å². The van der Waals surface area contributed by atoms with E-state index in [1.54, 1.807) is 13.0 Å². The van der Waals surface area contributed by atoms with Crippen LogP contribution in [0.3, 0.4) is 0 Å². The third-order valence-corrected chi connectivity index (χ3v) is 3.23. The lowest BCUT2D eigenvalue weighted by Gasteiger charge is -2.02. The second-order valence-corrected chi connectivity index (χ2v) is 4.16. The van der Waals surface area contributed by atoms with E-state index in [0.717, 1.165) is 10.8 Å². The van der Waals surface area contributed by atoms with Crippen molar-refractivity contribution >= 4 is 22.3 Å². The van der Waals surface area contributed by atoms with Crippen molar-refractivity contribution in [2.24, 2.45) is 5.92 Å². The average Bonchev–Trinajstić information content (AvgIpc) is 2.55. The van der Waals surface area contributed by atoms with E-state index in [4.69, 9.17) is 0 Å². The van der Waals surface area contributed by atoms with Crippen LogP contribution in [0.25, 0.3) is 10.8 Å². The van der Waals surface area contributed by atoms with Crippen molar-refractivity contribution in [3.8, 4) is 0 Å². The molecule has 0 aromatic heterocycles. The van der Waals surface area contributed by atoms with Crippen molar-refractivity contribution in [2.75, 3.05) is 0 Å². The van der Waals surface area contributed by atoms with E-state index in [0.29, 0.717) is 11.1 Å². The summed E-state index contributed by atoms with van der Waals surface area (Å²) in [6, 6.07) is 11.3. The van der Waals surface area contributed by atoms with Crippen molar-refractivity contribution in [1.82, 2.24) is 0 Å². The third-order valence-electron chi connectivity index (χ3n) is 3.23. The Morgan fingerprint density at radius 1 is 0.938 bits per heavy atom. The van der Waals surface area contributed by atoms with Gasteiger partial charge in [-0.1, -0.05) is 36.4 Å². The Morgan fingerprint density at radius 3 is 2.50 bits per heavy atom. The van der Waals surface area contributed by atoms with Crippen LogP contribution in [0, 0.1) is 5.92 Å². The van der Waals surface area contributed by atoms with E-state index in [1.807, 2.05) is 30.3 Å². The number of fused-ring (bicyclic) bond motifs is 3. The first-order valence-electron chi connectivity index (χ1n) is 5.30. The highest BCUT2D eigenvalue weighted by molar-refractivity contribution is 6.30. The van der Waals surface area contributed by atoms with Crippen LogP contribution in [0.15, 0.2) is 36.4 Å². The number of rotatable bonds is 0. The van der Waals surface area contributed by atoms with Crippen LogP contribution < -0.4 is 0 Å². The Balaban J connectivity index is 2.46. The highest BCUT2D eigenvalue weighted by Gasteiger charge is 2.36. The smallest absolute Gasteiger partial charge is 0.174 e. The zero-order valence-electron chi connectivity index (χ0n) is 8.86. The Hall–Kier alpha value is -1.96. The zero-order valence-corrected chi connectivity index (χ0v) is 8.86. The van der Waals surface area contributed by atoms with Crippen LogP contribution in [0.4, 0.5) is 0 Å². The van der Waals surface area contributed by atoms with E-state index in [9.17, 15) is 9.59 Å². The van der Waals surface area contributed by atoms with Gasteiger partial charge in [0, 0.05) is 11.1 Å². The highest BCUT2D eigenvalue weighted by Crippen LogP contribution is 2.32. The fourth-order valence-electron chi connectivity index (χ4n) is 2.31. The highest BCUT2D eigenvalue weighted by atomic mass is 16.2. The van der Waals surface area contributed by atoms with E-state index < -0.39 is 5.92 Å². The van der Waals surface area contributed by atoms with Gasteiger partial charge in [0.1, 0.15) is 0 Å². The quantitative estimate of drug-likeness (QED) is 0.626. The van der Waals surface area contributed by atoms with E-state index in [2.05, 4.69) is 0 Å². The summed E-state index contributed by atoms with van der Waals surface area (Å²) >= 11 is 0. The molecule has 1 aliphatic carbocycles. The lowest BCUT2D eigenvalue weighted by atomic mass is 10.0. The van der Waals surface area contributed by atoms with E-state index >= 15 is 0 Å². The minimum atomic E-state index is -0.513. The van der Waals surface area contributed by atoms with Crippen molar-refractivity contribution in [1.29, 1.82) is 0 Å². The molecule has 1 atom stereocenters. The summed E-state index contributed by atoms with van der Waals surface area (Å²) in [5.41, 5.74) is 1.19. The van der Waals surface area contributed by atoms with Gasteiger partial charge in [0.15, 0.2) is 11.6 Å². The van der Waals surface area contributed by atoms with Gasteiger partial charge in [-0.2, -0.15) is 0 Å². The van der Waals surface area contributed by atoms with Gasteiger partial charge in [0.25, 0.3) is 0 Å². The summed E-state index contributed by atoms with van der Waals surface area (Å²) in [6.07, 6.45) is 0. The molecule has 0 spiro atoms. The maximum Gasteiger partial charge on any atom is 0.174 e. The van der Waals surface area contributed by atoms with Crippen molar-refractivity contribution in [3.63, 3.8) is 0 Å². The van der Waals surface area contributed by atoms with Crippen molar-refractivity contribution in [2.45, 2.75) is 6.92 Å². The minimum Gasteiger partial charge on any atom is -0.293 e. The Bertz CT molecular complexity index is 626. The molecule has 0 amide bonds. The van der Waals surface area contributed by atoms with Crippen molar-refractivity contribution in [3.05, 3.63) is 47.5 Å². The van der Waals surface area contributed by atoms with Gasteiger partial charge < -0.3 is 0 Å². The third kappa shape index (κ3) is 1.01. The van der Waals surface area contributed by atoms with Crippen LogP contribution in [0.2, 0.25) is 0 Å². The molecule has 0 saturated carbocycles. The molecule has 0 saturated heterocycles. The number of ketones is 2. The number of carbonyl (C=O) groups excluding carboxylic acids is 2. The van der Waals surface area contributed by atoms with Crippen LogP contribution in [-0.4, -0.2) is 11.6 Å². The number of hydrogen-bond acceptors (Lipinski definition) is 2. The largest absolute Gasteiger partial charge is 0.293 e. The number of hydrogen-bond donors (Lipinski definition) is 0. The summed E-state index contributed by atoms with van der Waals surface area (Å²) in [4.78, 5) is 23.8. The SMILES string of the molecule is C[C@@H]1C(=O)c2ccc3ccccc3c2C1=O. The predicted molar refractivity (Wildman–Crippen MR) is 61.8 cm³/mol. The maximum atomic E-state index is 12.0. The summed E-state index contributed by atoms with van der Waals surface area (Å²) in [5.74, 6) is -0.608. The topological polar surface area (TPSA) is 34.1 Å². The molecule has 78 valence electrons. The van der Waals surface area contributed by atoms with Gasteiger partial charge in [-0.15, -0.1) is 0 Å². The molecule has 0 radical (unpaired) electrons. The fraction of sp³-hybridized carbons (Fsp3) is 0.143. The average molecular weight is 210 g/mol. The van der Waals surface area contributed by atoms with Gasteiger partial charge in [-0.25, -0.2) is 0 Å². The molecule has 0 fully saturated rings. The molecule has 3 rings (SSSR count). The van der Waals surface area contributed by atoms with Crippen LogP contribution in [-0.2, 0) is 0 Å². The summed E-state index contributed by atoms with van der Waals surface area (Å²) in [5, 5.41) is 1.90. The van der Waals surface area contributed by atoms with Gasteiger partial charge in [-0.3, -0.25) is 9.59 Å². The van der Waals surface area contributed by atoms with Crippen LogP contribution in [0.1, 0.15) is 27.6 Å². The fourth-order valence-corrected chi connectivity index (χ4v) is 2.31. The zero-order chi connectivity index (χ0) is 11.3. The Kier molecular flexibility index (Phi) is 1.75. The van der Waals surface area contributed by atoms with Crippen molar-refractivity contribution < 1.29 is 9.59 Å². The number of benzene rings is 2. The van der Waals surface area contributed by atoms with E-state index in [1.165, 1.54) is 0 Å². The molecular weight excluding hydrogens is 200 g/mol. The number of Topliss-reactive ketones (excluding diaryl/α,β-unsaturated/α-hetero) is 2. The molecule has 1 aliphatic rings. The maximum absolute atomic E-state index is 12.0. The first kappa shape index (κ1) is 9.28. The lowest BCUT2D eigenvalue weighted by Crippen LogP contribution is -2.09. The molecule has 16 heavy (non-hydrogen) atoms. The lowest BCUT2D eigenvalue weighted by molar-refractivity contribution is 0.0852. The van der Waals surface area contributed by atoms with Crippen LogP contribution in [0.5, 0.6) is 0 Å². The Labute approximate surface area is 92.9 Å². The molecule has 2 heteroatoms. The summed E-state index contributed by atoms with van der Waals surface area (Å²) in [7, 11) is 0. The molecule has 0 N–H and O–H groups in total. The molecular formula is C14H10O2. The van der Waals surface area contributed by atoms with Gasteiger partial charge in [0.05, 0.1) is 5.92 Å². The second-order valence-electron chi connectivity index (χ2n) is 4.16. The van der Waals surface area contributed by atoms with E-state index in [-0.39, 0.29) is 11.6 Å². The monoisotopic (exact) mass is 210 g/mol. The summed E-state index contributed by atoms with van der Waals surface area (Å²) < 4.78 is 0. The standard InChI is InChI=1S/C14H10O2/c1-8-13(15)11-7-6-9-4-2-3-5-10(9)12(11)14(8)16/h2-8H,1H3/t8-/m1/s1. The van der Waals surface area contributed by atoms with Gasteiger partial charge in [-0.05, 0) is 17.7 Å². The second kappa shape index (κ2) is 3.01.